The smallest absolute Gasteiger partial charge is 0.257 e. The molecule has 23 heavy (non-hydrogen) atoms. The van der Waals surface area contributed by atoms with Crippen LogP contribution >= 0.6 is 23.4 Å². The van der Waals surface area contributed by atoms with Crippen molar-refractivity contribution in [3.05, 3.63) is 53.1 Å². The van der Waals surface area contributed by atoms with Gasteiger partial charge in [-0.3, -0.25) is 4.79 Å². The van der Waals surface area contributed by atoms with Gasteiger partial charge in [-0.25, -0.2) is 4.98 Å². The fraction of sp³-hybridized carbons (Fsp3) is 0.0625. The molecule has 2 aromatic carbocycles. The van der Waals surface area contributed by atoms with Gasteiger partial charge in [-0.05, 0) is 42.5 Å². The van der Waals surface area contributed by atoms with Crippen molar-refractivity contribution in [3.63, 3.8) is 0 Å². The number of carbonyl (C=O) groups excluding carboxylic acids is 1. The van der Waals surface area contributed by atoms with E-state index >= 15 is 0 Å². The quantitative estimate of drug-likeness (QED) is 0.722. The van der Waals surface area contributed by atoms with Gasteiger partial charge in [-0.2, -0.15) is 5.26 Å². The SMILES string of the molecule is N#Cc1ccc(NC(=O)CSc2nc3cc(Cl)ccc3o2)cc1. The third kappa shape index (κ3) is 3.83. The first-order chi connectivity index (χ1) is 11.1. The van der Waals surface area contributed by atoms with Crippen LogP contribution in [0.5, 0.6) is 0 Å². The van der Waals surface area contributed by atoms with E-state index in [1.54, 1.807) is 42.5 Å². The highest BCUT2D eigenvalue weighted by Crippen LogP contribution is 2.25. The number of nitrogens with one attached hydrogen (secondary N) is 1. The lowest BCUT2D eigenvalue weighted by atomic mass is 10.2. The standard InChI is InChI=1S/C16H10ClN3O2S/c17-11-3-6-14-13(7-11)20-16(22-14)23-9-15(21)19-12-4-1-10(8-18)2-5-12/h1-7H,9H2,(H,19,21). The fourth-order valence-corrected chi connectivity index (χ4v) is 2.70. The van der Waals surface area contributed by atoms with Crippen LogP contribution in [0.1, 0.15) is 5.56 Å². The van der Waals surface area contributed by atoms with Crippen LogP contribution in [0.15, 0.2) is 52.1 Å². The molecule has 0 saturated heterocycles. The Hall–Kier alpha value is -2.49. The van der Waals surface area contributed by atoms with Gasteiger partial charge in [0.15, 0.2) is 5.58 Å². The van der Waals surface area contributed by atoms with Gasteiger partial charge in [-0.1, -0.05) is 23.4 Å². The normalized spacial score (nSPS) is 10.4. The number of nitriles is 1. The van der Waals surface area contributed by atoms with Gasteiger partial charge >= 0.3 is 0 Å². The predicted molar refractivity (Wildman–Crippen MR) is 89.5 cm³/mol. The van der Waals surface area contributed by atoms with E-state index in [-0.39, 0.29) is 11.7 Å². The van der Waals surface area contributed by atoms with E-state index in [0.29, 0.717) is 32.6 Å². The van der Waals surface area contributed by atoms with Crippen LogP contribution in [0.2, 0.25) is 5.02 Å². The molecular weight excluding hydrogens is 334 g/mol. The Morgan fingerprint density at radius 1 is 1.30 bits per heavy atom. The summed E-state index contributed by atoms with van der Waals surface area (Å²) in [4.78, 5) is 16.2. The zero-order valence-electron chi connectivity index (χ0n) is 11.7. The maximum absolute atomic E-state index is 11.9. The molecule has 0 atom stereocenters. The van der Waals surface area contributed by atoms with Crippen molar-refractivity contribution < 1.29 is 9.21 Å². The number of hydrogen-bond donors (Lipinski definition) is 1. The molecule has 0 radical (unpaired) electrons. The van der Waals surface area contributed by atoms with Crippen molar-refractivity contribution in [2.24, 2.45) is 0 Å². The zero-order valence-corrected chi connectivity index (χ0v) is 13.3. The van der Waals surface area contributed by atoms with Crippen LogP contribution in [0.25, 0.3) is 11.1 Å². The number of oxazole rings is 1. The predicted octanol–water partition coefficient (Wildman–Crippen LogP) is 4.08. The summed E-state index contributed by atoms with van der Waals surface area (Å²) in [5.74, 6) is -0.0133. The number of nitrogens with zero attached hydrogens (tertiary/aromatic N) is 2. The first kappa shape index (κ1) is 15.4. The number of amides is 1. The maximum Gasteiger partial charge on any atom is 0.257 e. The highest BCUT2D eigenvalue weighted by Gasteiger charge is 2.10. The van der Waals surface area contributed by atoms with Gasteiger partial charge < -0.3 is 9.73 Å². The number of thioether (sulfide) groups is 1. The van der Waals surface area contributed by atoms with Crippen LogP contribution in [0.4, 0.5) is 5.69 Å². The molecular formula is C16H10ClN3O2S. The van der Waals surface area contributed by atoms with Gasteiger partial charge in [0.05, 0.1) is 17.4 Å². The molecule has 1 amide bonds. The summed E-state index contributed by atoms with van der Waals surface area (Å²) in [5, 5.41) is 12.5. The second-order valence-corrected chi connectivity index (χ2v) is 5.98. The van der Waals surface area contributed by atoms with Crippen LogP contribution in [-0.4, -0.2) is 16.6 Å². The molecule has 0 unspecified atom stereocenters. The average Bonchev–Trinajstić information content (AvgIpc) is 2.95. The monoisotopic (exact) mass is 343 g/mol. The number of hydrogen-bond acceptors (Lipinski definition) is 5. The minimum Gasteiger partial charge on any atom is -0.431 e. The molecule has 0 aliphatic carbocycles. The molecule has 114 valence electrons. The third-order valence-electron chi connectivity index (χ3n) is 2.95. The molecule has 0 spiro atoms. The Bertz CT molecular complexity index is 900. The Balaban J connectivity index is 1.60. The van der Waals surface area contributed by atoms with E-state index in [1.807, 2.05) is 6.07 Å². The molecule has 0 fully saturated rings. The van der Waals surface area contributed by atoms with Gasteiger partial charge in [0, 0.05) is 10.7 Å². The molecule has 0 saturated carbocycles. The highest BCUT2D eigenvalue weighted by molar-refractivity contribution is 7.99. The number of rotatable bonds is 4. The minimum atomic E-state index is -0.181. The summed E-state index contributed by atoms with van der Waals surface area (Å²) in [6, 6.07) is 13.9. The molecule has 1 heterocycles. The molecule has 1 N–H and O–H groups in total. The number of fused-ring (bicyclic) bond motifs is 1. The lowest BCUT2D eigenvalue weighted by Gasteiger charge is -2.03. The zero-order chi connectivity index (χ0) is 16.2. The molecule has 3 rings (SSSR count). The van der Waals surface area contributed by atoms with Crippen LogP contribution < -0.4 is 5.32 Å². The van der Waals surface area contributed by atoms with Crippen LogP contribution in [-0.2, 0) is 4.79 Å². The lowest BCUT2D eigenvalue weighted by Crippen LogP contribution is -2.13. The van der Waals surface area contributed by atoms with Crippen molar-refractivity contribution in [2.45, 2.75) is 5.22 Å². The summed E-state index contributed by atoms with van der Waals surface area (Å²) < 4.78 is 5.53. The largest absolute Gasteiger partial charge is 0.431 e. The highest BCUT2D eigenvalue weighted by atomic mass is 35.5. The summed E-state index contributed by atoms with van der Waals surface area (Å²) in [5.41, 5.74) is 2.47. The summed E-state index contributed by atoms with van der Waals surface area (Å²) in [7, 11) is 0. The molecule has 1 aromatic heterocycles. The molecule has 7 heteroatoms. The maximum atomic E-state index is 11.9. The number of halogens is 1. The summed E-state index contributed by atoms with van der Waals surface area (Å²) in [6.45, 7) is 0. The Labute approximate surface area is 141 Å². The molecule has 3 aromatic rings. The molecule has 0 bridgehead atoms. The van der Waals surface area contributed by atoms with E-state index < -0.39 is 0 Å². The van der Waals surface area contributed by atoms with E-state index in [0.717, 1.165) is 0 Å². The Morgan fingerprint density at radius 2 is 2.09 bits per heavy atom. The number of benzene rings is 2. The van der Waals surface area contributed by atoms with Gasteiger partial charge in [0.25, 0.3) is 5.22 Å². The van der Waals surface area contributed by atoms with E-state index in [1.165, 1.54) is 11.8 Å². The van der Waals surface area contributed by atoms with Crippen molar-refractivity contribution >= 4 is 46.1 Å². The first-order valence-electron chi connectivity index (χ1n) is 6.63. The average molecular weight is 344 g/mol. The van der Waals surface area contributed by atoms with Gasteiger partial charge in [-0.15, -0.1) is 0 Å². The molecule has 0 aliphatic heterocycles. The fourth-order valence-electron chi connectivity index (χ4n) is 1.89. The van der Waals surface area contributed by atoms with Crippen molar-refractivity contribution in [3.8, 4) is 6.07 Å². The lowest BCUT2D eigenvalue weighted by molar-refractivity contribution is -0.113. The van der Waals surface area contributed by atoms with Gasteiger partial charge in [0.1, 0.15) is 5.52 Å². The summed E-state index contributed by atoms with van der Waals surface area (Å²) >= 11 is 7.10. The second-order valence-electron chi connectivity index (χ2n) is 4.62. The summed E-state index contributed by atoms with van der Waals surface area (Å²) in [6.07, 6.45) is 0. The third-order valence-corrected chi connectivity index (χ3v) is 4.02. The van der Waals surface area contributed by atoms with E-state index in [2.05, 4.69) is 10.3 Å². The molecule has 5 nitrogen and oxygen atoms in total. The number of aromatic nitrogens is 1. The number of anilines is 1. The Morgan fingerprint density at radius 3 is 2.83 bits per heavy atom. The van der Waals surface area contributed by atoms with Crippen LogP contribution in [0.3, 0.4) is 0 Å². The van der Waals surface area contributed by atoms with Crippen molar-refractivity contribution in [1.82, 2.24) is 4.98 Å². The first-order valence-corrected chi connectivity index (χ1v) is 7.99. The topological polar surface area (TPSA) is 78.9 Å². The van der Waals surface area contributed by atoms with Crippen molar-refractivity contribution in [2.75, 3.05) is 11.1 Å². The number of carbonyl (C=O) groups is 1. The van der Waals surface area contributed by atoms with E-state index in [4.69, 9.17) is 21.3 Å². The Kier molecular flexibility index (Phi) is 4.51. The van der Waals surface area contributed by atoms with E-state index in [9.17, 15) is 4.79 Å². The van der Waals surface area contributed by atoms with Crippen molar-refractivity contribution in [1.29, 1.82) is 5.26 Å². The molecule has 0 aliphatic rings. The minimum absolute atomic E-state index is 0.167. The van der Waals surface area contributed by atoms with Gasteiger partial charge in [0.2, 0.25) is 5.91 Å². The van der Waals surface area contributed by atoms with Crippen LogP contribution in [0, 0.1) is 11.3 Å². The second kappa shape index (κ2) is 6.73.